The topological polar surface area (TPSA) is 62.7 Å². The Bertz CT molecular complexity index is 617. The molecule has 1 heterocycles. The Morgan fingerprint density at radius 1 is 1.33 bits per heavy atom. The molecule has 2 aromatic rings. The predicted molar refractivity (Wildman–Crippen MR) is 86.9 cm³/mol. The number of H-pyrrole nitrogens is 1. The van der Waals surface area contributed by atoms with Crippen LogP contribution in [0.5, 0.6) is 0 Å². The summed E-state index contributed by atoms with van der Waals surface area (Å²) >= 11 is 1.59. The highest BCUT2D eigenvalue weighted by atomic mass is 32.2. The summed E-state index contributed by atoms with van der Waals surface area (Å²) in [6.45, 7) is 4.73. The third-order valence-electron chi connectivity index (χ3n) is 3.56. The van der Waals surface area contributed by atoms with Gasteiger partial charge in [0, 0.05) is 18.3 Å². The second-order valence-electron chi connectivity index (χ2n) is 4.80. The lowest BCUT2D eigenvalue weighted by Crippen LogP contribution is -2.20. The van der Waals surface area contributed by atoms with Gasteiger partial charge in [0.05, 0.1) is 0 Å². The van der Waals surface area contributed by atoms with Crippen molar-refractivity contribution in [2.24, 2.45) is 0 Å². The van der Waals surface area contributed by atoms with E-state index in [-0.39, 0.29) is 11.7 Å². The van der Waals surface area contributed by atoms with Crippen LogP contribution >= 0.6 is 11.8 Å². The number of thioether (sulfide) groups is 1. The van der Waals surface area contributed by atoms with Crippen LogP contribution in [0.25, 0.3) is 0 Å². The Balaban J connectivity index is 2.06. The van der Waals surface area contributed by atoms with E-state index >= 15 is 0 Å². The Morgan fingerprint density at radius 3 is 2.62 bits per heavy atom. The fourth-order valence-electron chi connectivity index (χ4n) is 2.18. The van der Waals surface area contributed by atoms with Gasteiger partial charge in [-0.1, -0.05) is 43.0 Å². The van der Waals surface area contributed by atoms with Crippen molar-refractivity contribution in [3.8, 4) is 0 Å². The number of aromatic amines is 1. The molecule has 0 amide bonds. The van der Waals surface area contributed by atoms with Crippen LogP contribution in [0.15, 0.2) is 34.2 Å². The summed E-state index contributed by atoms with van der Waals surface area (Å²) in [5.41, 5.74) is 2.45. The highest BCUT2D eigenvalue weighted by molar-refractivity contribution is 7.99. The Hall–Kier alpha value is -1.53. The van der Waals surface area contributed by atoms with Gasteiger partial charge in [-0.3, -0.25) is 4.57 Å². The molecule has 1 aromatic carbocycles. The molecule has 6 heteroatoms. The highest BCUT2D eigenvalue weighted by Crippen LogP contribution is 2.23. The van der Waals surface area contributed by atoms with Crippen LogP contribution in [0.3, 0.4) is 0 Å². The van der Waals surface area contributed by atoms with E-state index in [0.717, 1.165) is 17.3 Å². The summed E-state index contributed by atoms with van der Waals surface area (Å²) in [4.78, 5) is 11.5. The van der Waals surface area contributed by atoms with E-state index in [1.807, 2.05) is 14.0 Å². The molecule has 0 radical (unpaired) electrons. The molecule has 1 aromatic heterocycles. The number of rotatable bonds is 7. The van der Waals surface area contributed by atoms with E-state index in [4.69, 9.17) is 0 Å². The number of hydrogen-bond acceptors (Lipinski definition) is 4. The lowest BCUT2D eigenvalue weighted by Gasteiger charge is -2.16. The summed E-state index contributed by atoms with van der Waals surface area (Å²) in [5, 5.41) is 10.6. The number of aryl methyl sites for hydroxylation is 1. The van der Waals surface area contributed by atoms with Crippen molar-refractivity contribution in [3.05, 3.63) is 45.9 Å². The minimum atomic E-state index is -0.145. The van der Waals surface area contributed by atoms with Gasteiger partial charge in [-0.05, 0) is 31.5 Å². The molecule has 0 fully saturated rings. The van der Waals surface area contributed by atoms with Gasteiger partial charge in [0.2, 0.25) is 0 Å². The van der Waals surface area contributed by atoms with Crippen LogP contribution in [0.2, 0.25) is 0 Å². The maximum atomic E-state index is 11.5. The zero-order chi connectivity index (χ0) is 15.2. The maximum absolute atomic E-state index is 11.5. The van der Waals surface area contributed by atoms with Crippen molar-refractivity contribution < 1.29 is 0 Å². The van der Waals surface area contributed by atoms with Gasteiger partial charge in [-0.15, -0.1) is 5.10 Å². The largest absolute Gasteiger partial charge is 0.343 e. The van der Waals surface area contributed by atoms with E-state index in [9.17, 15) is 4.79 Å². The third kappa shape index (κ3) is 3.77. The standard InChI is InChI=1S/C15H22N4OS/c1-4-11-6-8-12(9-7-11)13(16-3)10-21-15-18-17-14(20)19(15)5-2/h6-9,13,16H,4-5,10H2,1-3H3,(H,17,20). The van der Waals surface area contributed by atoms with Gasteiger partial charge >= 0.3 is 5.69 Å². The van der Waals surface area contributed by atoms with Gasteiger partial charge < -0.3 is 5.32 Å². The van der Waals surface area contributed by atoms with Crippen LogP contribution in [0.4, 0.5) is 0 Å². The summed E-state index contributed by atoms with van der Waals surface area (Å²) in [6.07, 6.45) is 1.05. The molecule has 1 unspecified atom stereocenters. The van der Waals surface area contributed by atoms with Crippen molar-refractivity contribution in [1.29, 1.82) is 0 Å². The van der Waals surface area contributed by atoms with Crippen molar-refractivity contribution in [3.63, 3.8) is 0 Å². The summed E-state index contributed by atoms with van der Waals surface area (Å²) < 4.78 is 1.65. The molecule has 0 aliphatic rings. The number of nitrogens with one attached hydrogen (secondary N) is 2. The molecule has 2 N–H and O–H groups in total. The molecule has 114 valence electrons. The highest BCUT2D eigenvalue weighted by Gasteiger charge is 2.13. The molecule has 1 atom stereocenters. The zero-order valence-corrected chi connectivity index (χ0v) is 13.5. The summed E-state index contributed by atoms with van der Waals surface area (Å²) in [6, 6.07) is 8.90. The quantitative estimate of drug-likeness (QED) is 0.770. The Labute approximate surface area is 129 Å². The van der Waals surface area contributed by atoms with Crippen LogP contribution in [-0.4, -0.2) is 27.6 Å². The number of hydrogen-bond donors (Lipinski definition) is 2. The lowest BCUT2D eigenvalue weighted by atomic mass is 10.1. The van der Waals surface area contributed by atoms with Crippen molar-refractivity contribution in [1.82, 2.24) is 20.1 Å². The van der Waals surface area contributed by atoms with Gasteiger partial charge in [-0.2, -0.15) is 0 Å². The van der Waals surface area contributed by atoms with Crippen LogP contribution in [-0.2, 0) is 13.0 Å². The first-order valence-corrected chi connectivity index (χ1v) is 8.22. The van der Waals surface area contributed by atoms with E-state index in [2.05, 4.69) is 46.7 Å². The average molecular weight is 306 g/mol. The first-order valence-electron chi connectivity index (χ1n) is 7.23. The fraction of sp³-hybridized carbons (Fsp3) is 0.467. The smallest absolute Gasteiger partial charge is 0.312 e. The second-order valence-corrected chi connectivity index (χ2v) is 5.79. The normalized spacial score (nSPS) is 12.5. The molecule has 0 saturated heterocycles. The first-order chi connectivity index (χ1) is 10.2. The average Bonchev–Trinajstić information content (AvgIpc) is 2.88. The third-order valence-corrected chi connectivity index (χ3v) is 4.63. The molecular weight excluding hydrogens is 284 g/mol. The lowest BCUT2D eigenvalue weighted by molar-refractivity contribution is 0.645. The minimum Gasteiger partial charge on any atom is -0.312 e. The number of nitrogens with zero attached hydrogens (tertiary/aromatic N) is 2. The van der Waals surface area contributed by atoms with Crippen LogP contribution in [0, 0.1) is 0 Å². The first kappa shape index (κ1) is 15.9. The van der Waals surface area contributed by atoms with Crippen LogP contribution < -0.4 is 11.0 Å². The van der Waals surface area contributed by atoms with Crippen molar-refractivity contribution in [2.45, 2.75) is 38.0 Å². The second kappa shape index (κ2) is 7.47. The van der Waals surface area contributed by atoms with Crippen molar-refractivity contribution in [2.75, 3.05) is 12.8 Å². The number of aromatic nitrogens is 3. The van der Waals surface area contributed by atoms with E-state index in [1.54, 1.807) is 16.3 Å². The maximum Gasteiger partial charge on any atom is 0.343 e. The zero-order valence-electron chi connectivity index (χ0n) is 12.7. The number of benzene rings is 1. The molecule has 0 bridgehead atoms. The molecule has 0 aliphatic heterocycles. The Morgan fingerprint density at radius 2 is 2.05 bits per heavy atom. The minimum absolute atomic E-state index is 0.145. The molecule has 0 spiro atoms. The van der Waals surface area contributed by atoms with Gasteiger partial charge in [0.15, 0.2) is 5.16 Å². The van der Waals surface area contributed by atoms with Gasteiger partial charge in [-0.25, -0.2) is 9.89 Å². The van der Waals surface area contributed by atoms with Gasteiger partial charge in [0.1, 0.15) is 0 Å². The molecule has 21 heavy (non-hydrogen) atoms. The van der Waals surface area contributed by atoms with Gasteiger partial charge in [0.25, 0.3) is 0 Å². The van der Waals surface area contributed by atoms with E-state index < -0.39 is 0 Å². The molecule has 2 rings (SSSR count). The molecule has 0 aliphatic carbocycles. The van der Waals surface area contributed by atoms with E-state index in [1.165, 1.54) is 11.1 Å². The predicted octanol–water partition coefficient (Wildman–Crippen LogP) is 2.21. The van der Waals surface area contributed by atoms with E-state index in [0.29, 0.717) is 6.54 Å². The molecular formula is C15H22N4OS. The fourth-order valence-corrected chi connectivity index (χ4v) is 3.33. The molecule has 5 nitrogen and oxygen atoms in total. The van der Waals surface area contributed by atoms with Crippen molar-refractivity contribution >= 4 is 11.8 Å². The van der Waals surface area contributed by atoms with Crippen LogP contribution in [0.1, 0.15) is 31.0 Å². The Kier molecular flexibility index (Phi) is 5.64. The summed E-state index contributed by atoms with van der Waals surface area (Å²) in [7, 11) is 1.95. The monoisotopic (exact) mass is 306 g/mol. The molecule has 0 saturated carbocycles. The SMILES string of the molecule is CCc1ccc(C(CSc2n[nH]c(=O)n2CC)NC)cc1. The summed E-state index contributed by atoms with van der Waals surface area (Å²) in [5.74, 6) is 0.826.